The van der Waals surface area contributed by atoms with Crippen LogP contribution in [0.5, 0.6) is 0 Å². The lowest BCUT2D eigenvalue weighted by atomic mass is 9.55. The predicted molar refractivity (Wildman–Crippen MR) is 81.1 cm³/mol. The van der Waals surface area contributed by atoms with Crippen LogP contribution < -0.4 is 20.4 Å². The van der Waals surface area contributed by atoms with Gasteiger partial charge in [0.25, 0.3) is 0 Å². The van der Waals surface area contributed by atoms with Crippen LogP contribution in [0.15, 0.2) is 0 Å². The van der Waals surface area contributed by atoms with Crippen LogP contribution in [-0.4, -0.2) is 35.4 Å². The van der Waals surface area contributed by atoms with E-state index in [-0.39, 0.29) is 25.7 Å². The first kappa shape index (κ1) is 23.3. The summed E-state index contributed by atoms with van der Waals surface area (Å²) >= 11 is 0. The molecule has 1 saturated carbocycles. The van der Waals surface area contributed by atoms with Crippen LogP contribution in [0, 0.1) is 10.8 Å². The van der Waals surface area contributed by atoms with Crippen molar-refractivity contribution in [2.75, 3.05) is 0 Å². The third kappa shape index (κ3) is 6.14. The highest BCUT2D eigenvalue weighted by atomic mass is 16.4. The van der Waals surface area contributed by atoms with Gasteiger partial charge in [0.05, 0.1) is 0 Å². The van der Waals surface area contributed by atoms with Crippen LogP contribution in [0.2, 0.25) is 0 Å². The molecule has 0 amide bonds. The summed E-state index contributed by atoms with van der Waals surface area (Å²) in [5.41, 5.74) is -3.35. The highest BCUT2D eigenvalue weighted by Crippen LogP contribution is 2.51. The molecule has 0 bridgehead atoms. The lowest BCUT2D eigenvalue weighted by Crippen LogP contribution is -2.52. The summed E-state index contributed by atoms with van der Waals surface area (Å²) in [5.74, 6) is -7.23. The second kappa shape index (κ2) is 9.43. The fourth-order valence-corrected chi connectivity index (χ4v) is 3.96. The van der Waals surface area contributed by atoms with Crippen molar-refractivity contribution in [3.63, 3.8) is 0 Å². The van der Waals surface area contributed by atoms with Crippen LogP contribution in [-0.2, 0) is 28.8 Å². The average Bonchev–Trinajstić information content (AvgIpc) is 2.58. The Bertz CT molecular complexity index is 588. The van der Waals surface area contributed by atoms with E-state index < -0.39 is 84.8 Å². The molecule has 1 aliphatic carbocycles. The van der Waals surface area contributed by atoms with Gasteiger partial charge in [0.2, 0.25) is 0 Å². The van der Waals surface area contributed by atoms with Crippen molar-refractivity contribution in [2.24, 2.45) is 10.8 Å². The van der Waals surface area contributed by atoms with Gasteiger partial charge in [-0.15, -0.1) is 0 Å². The molecule has 0 aromatic rings. The van der Waals surface area contributed by atoms with E-state index in [1.807, 2.05) is 0 Å². The van der Waals surface area contributed by atoms with Gasteiger partial charge in [-0.3, -0.25) is 9.59 Å². The number of rotatable bonds is 12. The number of carboxylic acids is 4. The Morgan fingerprint density at radius 3 is 1.07 bits per heavy atom. The van der Waals surface area contributed by atoms with E-state index in [1.54, 1.807) is 0 Å². The van der Waals surface area contributed by atoms with Crippen LogP contribution in [0.25, 0.3) is 0 Å². The van der Waals surface area contributed by atoms with Gasteiger partial charge in [-0.1, -0.05) is 0 Å². The number of Topliss-reactive ketones (excluding diaryl/α,β-unsaturated/α-hetero) is 2. The number of carbonyl (C=O) groups is 6. The quantitative estimate of drug-likeness (QED) is 0.314. The smallest absolute Gasteiger partial charge is 0.146 e. The minimum Gasteiger partial charge on any atom is -0.550 e. The molecule has 0 atom stereocenters. The summed E-state index contributed by atoms with van der Waals surface area (Å²) in [6.45, 7) is 0. The molecule has 0 saturated heterocycles. The molecule has 28 heavy (non-hydrogen) atoms. The lowest BCUT2D eigenvalue weighted by Gasteiger charge is -2.46. The Morgan fingerprint density at radius 1 is 0.607 bits per heavy atom. The van der Waals surface area contributed by atoms with Gasteiger partial charge in [-0.25, -0.2) is 0 Å². The van der Waals surface area contributed by atoms with Gasteiger partial charge in [-0.2, -0.15) is 0 Å². The van der Waals surface area contributed by atoms with Crippen LogP contribution in [0.1, 0.15) is 64.2 Å². The van der Waals surface area contributed by atoms with E-state index in [0.717, 1.165) is 0 Å². The summed E-state index contributed by atoms with van der Waals surface area (Å²) in [5, 5.41) is 43.6. The summed E-state index contributed by atoms with van der Waals surface area (Å²) in [6.07, 6.45) is -4.84. The molecule has 1 rings (SSSR count). The molecule has 0 spiro atoms. The molecule has 0 aliphatic heterocycles. The zero-order valence-corrected chi connectivity index (χ0v) is 15.2. The first-order valence-corrected chi connectivity index (χ1v) is 8.78. The second-order valence-electron chi connectivity index (χ2n) is 7.27. The van der Waals surface area contributed by atoms with Crippen molar-refractivity contribution in [1.82, 2.24) is 0 Å². The van der Waals surface area contributed by atoms with Crippen molar-refractivity contribution in [1.29, 1.82) is 0 Å². The Kier molecular flexibility index (Phi) is 7.83. The topological polar surface area (TPSA) is 195 Å². The normalized spacial score (nSPS) is 17.9. The third-order valence-corrected chi connectivity index (χ3v) is 5.27. The molecule has 0 N–H and O–H groups in total. The number of hydrogen-bond acceptors (Lipinski definition) is 10. The van der Waals surface area contributed by atoms with Crippen molar-refractivity contribution in [3.05, 3.63) is 0 Å². The van der Waals surface area contributed by atoms with E-state index in [9.17, 15) is 49.2 Å². The maximum absolute atomic E-state index is 13.4. The first-order valence-electron chi connectivity index (χ1n) is 8.78. The van der Waals surface area contributed by atoms with Gasteiger partial charge in [0.15, 0.2) is 0 Å². The molecular weight excluding hydrogens is 376 g/mol. The fourth-order valence-electron chi connectivity index (χ4n) is 3.96. The zero-order valence-electron chi connectivity index (χ0n) is 15.2. The van der Waals surface area contributed by atoms with Gasteiger partial charge >= 0.3 is 0 Å². The maximum Gasteiger partial charge on any atom is 0.146 e. The summed E-state index contributed by atoms with van der Waals surface area (Å²) in [7, 11) is 0. The van der Waals surface area contributed by atoms with E-state index in [4.69, 9.17) is 0 Å². The number of aliphatic carboxylic acids is 4. The largest absolute Gasteiger partial charge is 0.550 e. The first-order chi connectivity index (χ1) is 12.9. The molecule has 1 aliphatic rings. The molecule has 156 valence electrons. The number of ketones is 2. The molecule has 0 unspecified atom stereocenters. The fraction of sp³-hybridized carbons (Fsp3) is 0.667. The molecule has 0 aromatic heterocycles. The van der Waals surface area contributed by atoms with Gasteiger partial charge in [-0.05, 0) is 51.4 Å². The average molecular weight is 396 g/mol. The standard InChI is InChI=1S/C18H24O10/c19-11-9-17(5-1-12(20)21,6-2-13(22)23)16(28)18(10-11,7-3-14(24)25)8-4-15(26)27/h1-10H2,(H,20,21)(H,22,23)(H,24,25)(H,26,27)/p-4. The van der Waals surface area contributed by atoms with Crippen LogP contribution in [0.4, 0.5) is 0 Å². The molecule has 1 fully saturated rings. The number of carbonyl (C=O) groups excluding carboxylic acids is 6. The maximum atomic E-state index is 13.4. The van der Waals surface area contributed by atoms with Crippen LogP contribution >= 0.6 is 0 Å². The molecule has 0 radical (unpaired) electrons. The van der Waals surface area contributed by atoms with E-state index in [0.29, 0.717) is 0 Å². The summed E-state index contributed by atoms with van der Waals surface area (Å²) in [4.78, 5) is 69.3. The number of carboxylic acid groups (broad SMARTS) is 4. The summed E-state index contributed by atoms with van der Waals surface area (Å²) in [6, 6.07) is 0. The highest BCUT2D eigenvalue weighted by Gasteiger charge is 2.54. The summed E-state index contributed by atoms with van der Waals surface area (Å²) < 4.78 is 0. The molecule has 10 heteroatoms. The van der Waals surface area contributed by atoms with Gasteiger partial charge < -0.3 is 39.6 Å². The Hall–Kier alpha value is -2.78. The highest BCUT2D eigenvalue weighted by molar-refractivity contribution is 6.02. The van der Waals surface area contributed by atoms with Crippen molar-refractivity contribution in [3.8, 4) is 0 Å². The van der Waals surface area contributed by atoms with Gasteiger partial charge in [0.1, 0.15) is 11.6 Å². The van der Waals surface area contributed by atoms with Gasteiger partial charge in [0, 0.05) is 47.5 Å². The molecule has 0 aromatic carbocycles. The minimum absolute atomic E-state index is 0.383. The van der Waals surface area contributed by atoms with Crippen molar-refractivity contribution in [2.45, 2.75) is 64.2 Å². The third-order valence-electron chi connectivity index (χ3n) is 5.27. The Morgan fingerprint density at radius 2 is 0.857 bits per heavy atom. The van der Waals surface area contributed by atoms with E-state index >= 15 is 0 Å². The lowest BCUT2D eigenvalue weighted by molar-refractivity contribution is -0.308. The molecule has 10 nitrogen and oxygen atoms in total. The Labute approximate surface area is 160 Å². The van der Waals surface area contributed by atoms with Crippen LogP contribution in [0.3, 0.4) is 0 Å². The SMILES string of the molecule is O=C([O-])CCC1(CCC(=O)[O-])CC(=O)CC(CCC(=O)[O-])(CCC(=O)[O-])C1=O. The minimum atomic E-state index is -1.67. The monoisotopic (exact) mass is 396 g/mol. The predicted octanol–water partition coefficient (Wildman–Crippen LogP) is -3.99. The second-order valence-corrected chi connectivity index (χ2v) is 7.27. The Balaban J connectivity index is 3.35. The molecular formula is C18H20O10-4. The number of hydrogen-bond donors (Lipinski definition) is 0. The van der Waals surface area contributed by atoms with Crippen molar-refractivity contribution >= 4 is 35.4 Å². The van der Waals surface area contributed by atoms with E-state index in [1.165, 1.54) is 0 Å². The zero-order chi connectivity index (χ0) is 21.5. The van der Waals surface area contributed by atoms with Crippen molar-refractivity contribution < 1.29 is 49.2 Å². The molecule has 0 heterocycles. The van der Waals surface area contributed by atoms with E-state index in [2.05, 4.69) is 0 Å².